The SMILES string of the molecule is O=C(NC(CO)Cc1c[nH]c2ccccc12)OCC1c2ccccc2-c2ccccc21. The van der Waals surface area contributed by atoms with Crippen molar-refractivity contribution >= 4 is 17.0 Å². The maximum absolute atomic E-state index is 12.5. The first-order chi connectivity index (χ1) is 15.2. The molecule has 3 aromatic carbocycles. The van der Waals surface area contributed by atoms with Crippen molar-refractivity contribution in [1.29, 1.82) is 0 Å². The van der Waals surface area contributed by atoms with Gasteiger partial charge in [-0.25, -0.2) is 4.79 Å². The van der Waals surface area contributed by atoms with Crippen LogP contribution in [0.5, 0.6) is 0 Å². The number of aliphatic hydroxyl groups excluding tert-OH is 1. The molecule has 0 saturated carbocycles. The number of aromatic nitrogens is 1. The summed E-state index contributed by atoms with van der Waals surface area (Å²) in [4.78, 5) is 15.8. The maximum Gasteiger partial charge on any atom is 0.407 e. The summed E-state index contributed by atoms with van der Waals surface area (Å²) in [5, 5.41) is 13.7. The van der Waals surface area contributed by atoms with Gasteiger partial charge in [0.15, 0.2) is 0 Å². The largest absolute Gasteiger partial charge is 0.449 e. The third-order valence-corrected chi connectivity index (χ3v) is 6.03. The summed E-state index contributed by atoms with van der Waals surface area (Å²) in [6.45, 7) is 0.0921. The third-order valence-electron chi connectivity index (χ3n) is 6.03. The Kier molecular flexibility index (Phi) is 5.18. The highest BCUT2D eigenvalue weighted by atomic mass is 16.5. The number of carbonyl (C=O) groups is 1. The van der Waals surface area contributed by atoms with E-state index in [9.17, 15) is 9.90 Å². The van der Waals surface area contributed by atoms with E-state index in [1.807, 2.05) is 54.7 Å². The van der Waals surface area contributed by atoms with Gasteiger partial charge < -0.3 is 20.1 Å². The zero-order chi connectivity index (χ0) is 21.2. The van der Waals surface area contributed by atoms with Gasteiger partial charge in [0.05, 0.1) is 12.6 Å². The summed E-state index contributed by atoms with van der Waals surface area (Å²) in [5.41, 5.74) is 6.83. The highest BCUT2D eigenvalue weighted by Gasteiger charge is 2.29. The van der Waals surface area contributed by atoms with E-state index in [0.717, 1.165) is 16.5 Å². The molecule has 0 fully saturated rings. The molecule has 0 radical (unpaired) electrons. The van der Waals surface area contributed by atoms with Crippen LogP contribution in [0, 0.1) is 0 Å². The molecule has 5 heteroatoms. The maximum atomic E-state index is 12.5. The minimum Gasteiger partial charge on any atom is -0.449 e. The van der Waals surface area contributed by atoms with Gasteiger partial charge in [-0.3, -0.25) is 0 Å². The molecule has 4 aromatic rings. The molecule has 0 spiro atoms. The van der Waals surface area contributed by atoms with E-state index in [2.05, 4.69) is 34.6 Å². The van der Waals surface area contributed by atoms with Crippen molar-refractivity contribution in [2.45, 2.75) is 18.4 Å². The Morgan fingerprint density at radius 2 is 1.61 bits per heavy atom. The molecule has 0 aliphatic heterocycles. The fourth-order valence-electron chi connectivity index (χ4n) is 4.53. The molecule has 5 nitrogen and oxygen atoms in total. The molecule has 1 atom stereocenters. The first-order valence-electron chi connectivity index (χ1n) is 10.5. The van der Waals surface area contributed by atoms with Crippen LogP contribution < -0.4 is 5.32 Å². The summed E-state index contributed by atoms with van der Waals surface area (Å²) < 4.78 is 5.61. The average Bonchev–Trinajstić information content (AvgIpc) is 3.36. The molecule has 0 bridgehead atoms. The number of amides is 1. The number of rotatable bonds is 6. The number of hydrogen-bond acceptors (Lipinski definition) is 3. The monoisotopic (exact) mass is 412 g/mol. The summed E-state index contributed by atoms with van der Waals surface area (Å²) in [7, 11) is 0. The highest BCUT2D eigenvalue weighted by molar-refractivity contribution is 5.83. The second-order valence-corrected chi connectivity index (χ2v) is 7.91. The summed E-state index contributed by atoms with van der Waals surface area (Å²) in [6.07, 6.45) is 1.93. The number of fused-ring (bicyclic) bond motifs is 4. The van der Waals surface area contributed by atoms with E-state index in [1.165, 1.54) is 22.3 Å². The van der Waals surface area contributed by atoms with Gasteiger partial charge in [0.25, 0.3) is 0 Å². The van der Waals surface area contributed by atoms with Gasteiger partial charge in [0.1, 0.15) is 6.61 Å². The Morgan fingerprint density at radius 3 is 2.32 bits per heavy atom. The molecule has 156 valence electrons. The Balaban J connectivity index is 1.25. The van der Waals surface area contributed by atoms with Crippen LogP contribution in [-0.2, 0) is 11.2 Å². The zero-order valence-electron chi connectivity index (χ0n) is 17.0. The van der Waals surface area contributed by atoms with Crippen LogP contribution in [0.15, 0.2) is 79.0 Å². The van der Waals surface area contributed by atoms with E-state index in [0.29, 0.717) is 6.42 Å². The lowest BCUT2D eigenvalue weighted by Gasteiger charge is -2.18. The Bertz CT molecular complexity index is 1180. The molecular weight excluding hydrogens is 388 g/mol. The van der Waals surface area contributed by atoms with Crippen LogP contribution in [0.4, 0.5) is 4.79 Å². The van der Waals surface area contributed by atoms with Gasteiger partial charge in [-0.05, 0) is 40.3 Å². The lowest BCUT2D eigenvalue weighted by Crippen LogP contribution is -2.39. The minimum atomic E-state index is -0.513. The summed E-state index contributed by atoms with van der Waals surface area (Å²) >= 11 is 0. The number of carbonyl (C=O) groups excluding carboxylic acids is 1. The summed E-state index contributed by atoms with van der Waals surface area (Å²) in [6, 6.07) is 24.1. The molecule has 3 N–H and O–H groups in total. The van der Waals surface area contributed by atoms with Gasteiger partial charge in [-0.15, -0.1) is 0 Å². The lowest BCUT2D eigenvalue weighted by molar-refractivity contribution is 0.132. The molecule has 0 saturated heterocycles. The number of aromatic amines is 1. The topological polar surface area (TPSA) is 74.4 Å². The first-order valence-corrected chi connectivity index (χ1v) is 10.5. The van der Waals surface area contributed by atoms with Crippen molar-refractivity contribution in [2.75, 3.05) is 13.2 Å². The smallest absolute Gasteiger partial charge is 0.407 e. The van der Waals surface area contributed by atoms with Gasteiger partial charge in [0, 0.05) is 23.0 Å². The van der Waals surface area contributed by atoms with Crippen molar-refractivity contribution in [3.05, 3.63) is 95.7 Å². The Labute approximate surface area is 180 Å². The lowest BCUT2D eigenvalue weighted by atomic mass is 9.98. The molecule has 1 aliphatic rings. The quantitative estimate of drug-likeness (QED) is 0.433. The van der Waals surface area contributed by atoms with Crippen LogP contribution in [0.1, 0.15) is 22.6 Å². The number of aliphatic hydroxyl groups is 1. The number of ether oxygens (including phenoxy) is 1. The normalized spacial score (nSPS) is 13.6. The molecule has 1 amide bonds. The van der Waals surface area contributed by atoms with E-state index in [-0.39, 0.29) is 19.1 Å². The third kappa shape index (κ3) is 3.68. The molecule has 1 heterocycles. The standard InChI is InChI=1S/C26H24N2O3/c29-15-18(13-17-14-27-25-12-6-5-7-19(17)25)28-26(30)31-16-24-22-10-3-1-8-20(22)21-9-2-4-11-23(21)24/h1-12,14,18,24,27,29H,13,15-16H2,(H,28,30). The number of benzene rings is 3. The number of H-pyrrole nitrogens is 1. The fourth-order valence-corrected chi connectivity index (χ4v) is 4.53. The number of para-hydroxylation sites is 1. The van der Waals surface area contributed by atoms with Crippen LogP contribution in [0.2, 0.25) is 0 Å². The van der Waals surface area contributed by atoms with E-state index in [1.54, 1.807) is 0 Å². The molecule has 5 rings (SSSR count). The van der Waals surface area contributed by atoms with Crippen LogP contribution in [0.25, 0.3) is 22.0 Å². The van der Waals surface area contributed by atoms with Crippen LogP contribution in [0.3, 0.4) is 0 Å². The minimum absolute atomic E-state index is 0.0133. The summed E-state index contributed by atoms with van der Waals surface area (Å²) in [5.74, 6) is 0.0133. The van der Waals surface area contributed by atoms with Gasteiger partial charge in [0.2, 0.25) is 0 Å². The predicted molar refractivity (Wildman–Crippen MR) is 121 cm³/mol. The van der Waals surface area contributed by atoms with Crippen molar-refractivity contribution in [2.24, 2.45) is 0 Å². The highest BCUT2D eigenvalue weighted by Crippen LogP contribution is 2.44. The molecule has 1 aliphatic carbocycles. The van der Waals surface area contributed by atoms with Crippen molar-refractivity contribution < 1.29 is 14.6 Å². The second kappa shape index (κ2) is 8.28. The number of nitrogens with one attached hydrogen (secondary N) is 2. The molecule has 1 aromatic heterocycles. The van der Waals surface area contributed by atoms with Crippen molar-refractivity contribution in [3.8, 4) is 11.1 Å². The van der Waals surface area contributed by atoms with E-state index >= 15 is 0 Å². The first kappa shape index (κ1) is 19.4. The Hall–Kier alpha value is -3.57. The number of alkyl carbamates (subject to hydrolysis) is 1. The fraction of sp³-hybridized carbons (Fsp3) is 0.192. The van der Waals surface area contributed by atoms with Crippen molar-refractivity contribution in [1.82, 2.24) is 10.3 Å². The van der Waals surface area contributed by atoms with Crippen molar-refractivity contribution in [3.63, 3.8) is 0 Å². The zero-order valence-corrected chi connectivity index (χ0v) is 17.0. The van der Waals surface area contributed by atoms with Gasteiger partial charge in [-0.1, -0.05) is 66.7 Å². The molecule has 1 unspecified atom stereocenters. The number of hydrogen-bond donors (Lipinski definition) is 3. The van der Waals surface area contributed by atoms with E-state index < -0.39 is 12.1 Å². The second-order valence-electron chi connectivity index (χ2n) is 7.91. The molecule has 31 heavy (non-hydrogen) atoms. The van der Waals surface area contributed by atoms with E-state index in [4.69, 9.17) is 4.74 Å². The Morgan fingerprint density at radius 1 is 0.968 bits per heavy atom. The van der Waals surface area contributed by atoms with Crippen LogP contribution >= 0.6 is 0 Å². The van der Waals surface area contributed by atoms with Gasteiger partial charge >= 0.3 is 6.09 Å². The predicted octanol–water partition coefficient (Wildman–Crippen LogP) is 4.61. The average molecular weight is 412 g/mol. The van der Waals surface area contributed by atoms with Crippen LogP contribution in [-0.4, -0.2) is 35.4 Å². The molecular formula is C26H24N2O3. The van der Waals surface area contributed by atoms with Gasteiger partial charge in [-0.2, -0.15) is 0 Å².